The number of benzene rings is 2. The molecule has 0 spiro atoms. The minimum Gasteiger partial charge on any atom is -0.461 e. The van der Waals surface area contributed by atoms with E-state index < -0.39 is 94.3 Å². The van der Waals surface area contributed by atoms with Gasteiger partial charge in [-0.3, -0.25) is 33.9 Å². The van der Waals surface area contributed by atoms with Crippen LogP contribution in [0.5, 0.6) is 0 Å². The van der Waals surface area contributed by atoms with E-state index >= 15 is 8.78 Å². The van der Waals surface area contributed by atoms with Gasteiger partial charge in [-0.05, 0) is 112 Å². The van der Waals surface area contributed by atoms with Crippen molar-refractivity contribution >= 4 is 45.9 Å². The quantitative estimate of drug-likeness (QED) is 0.197. The second-order valence-corrected chi connectivity index (χ2v) is 18.7. The number of aliphatic hydroxyl groups excluding tert-OH is 1. The molecule has 4 aliphatic carbocycles. The Balaban J connectivity index is 0.865. The number of hydrogen-bond donors (Lipinski definition) is 2. The highest BCUT2D eigenvalue weighted by atomic mass is 19.1. The number of ether oxygens (including phenoxy) is 4. The molecule has 2 heterocycles. The van der Waals surface area contributed by atoms with Crippen LogP contribution in [0.15, 0.2) is 84.7 Å². The van der Waals surface area contributed by atoms with Gasteiger partial charge in [0.2, 0.25) is 11.7 Å². The van der Waals surface area contributed by atoms with Crippen molar-refractivity contribution in [2.75, 3.05) is 26.0 Å². The van der Waals surface area contributed by atoms with Crippen LogP contribution in [0.1, 0.15) is 77.0 Å². The Hall–Kier alpha value is -5.22. The summed E-state index contributed by atoms with van der Waals surface area (Å²) in [5.41, 5.74) is -4.98. The fourth-order valence-electron chi connectivity index (χ4n) is 11.4. The van der Waals surface area contributed by atoms with Gasteiger partial charge in [0.1, 0.15) is 18.8 Å². The number of nitrogens with zero attached hydrogens (tertiary/aromatic N) is 2. The van der Waals surface area contributed by atoms with Crippen molar-refractivity contribution in [3.63, 3.8) is 0 Å². The zero-order chi connectivity index (χ0) is 45.3. The van der Waals surface area contributed by atoms with Gasteiger partial charge in [0.05, 0.1) is 25.0 Å². The number of rotatable bonds is 12. The van der Waals surface area contributed by atoms with E-state index in [-0.39, 0.29) is 50.2 Å². The number of Topliss-reactive ketones (excluding diaryl/α,β-unsaturated/α-hetero) is 1. The highest BCUT2D eigenvalue weighted by Crippen LogP contribution is 2.72. The van der Waals surface area contributed by atoms with Crippen LogP contribution < -0.4 is 5.32 Å². The molecule has 2 N–H and O–H groups in total. The molecule has 63 heavy (non-hydrogen) atoms. The molecule has 8 rings (SSSR count). The number of aliphatic hydroxyl groups is 1. The van der Waals surface area contributed by atoms with Gasteiger partial charge in [0.15, 0.2) is 29.4 Å². The van der Waals surface area contributed by atoms with Gasteiger partial charge in [-0.1, -0.05) is 43.3 Å². The summed E-state index contributed by atoms with van der Waals surface area (Å²) in [4.78, 5) is 71.6. The van der Waals surface area contributed by atoms with Crippen LogP contribution in [-0.2, 0) is 49.5 Å². The van der Waals surface area contributed by atoms with Gasteiger partial charge in [-0.2, -0.15) is 0 Å². The topological polar surface area (TPSA) is 171 Å². The Bertz CT molecular complexity index is 2420. The van der Waals surface area contributed by atoms with Crippen LogP contribution in [0.3, 0.4) is 0 Å². The van der Waals surface area contributed by atoms with E-state index in [4.69, 9.17) is 18.9 Å². The minimum atomic E-state index is -2.36. The SMILES string of the molecule is CN(C)[C@@H](C(=O)Nc1ccc2cnccc2c1)c1ccc(COC(=O)CCC(=O)OCC(=O)[C@@]23OC(C)(C)O[C@@H]2C[C@H]2C4C[C@H](F)C5=CC(=O)C=C[C@]5(C)[C@@]4(F)[C@@H](O)C[C@@]23C)cc1. The second kappa shape index (κ2) is 16.1. The number of anilines is 1. The first kappa shape index (κ1) is 44.4. The highest BCUT2D eigenvalue weighted by molar-refractivity contribution is 6.01. The predicted molar refractivity (Wildman–Crippen MR) is 225 cm³/mol. The molecule has 1 unspecified atom stereocenters. The molecule has 4 fully saturated rings. The summed E-state index contributed by atoms with van der Waals surface area (Å²) in [5, 5.41) is 16.7. The largest absolute Gasteiger partial charge is 0.461 e. The molecule has 1 saturated heterocycles. The molecule has 15 heteroatoms. The van der Waals surface area contributed by atoms with E-state index in [1.165, 1.54) is 19.1 Å². The van der Waals surface area contributed by atoms with Gasteiger partial charge in [-0.25, -0.2) is 8.78 Å². The van der Waals surface area contributed by atoms with E-state index in [1.807, 2.05) is 24.3 Å². The average Bonchev–Trinajstić information content (AvgIpc) is 3.65. The maximum atomic E-state index is 17.7. The number of aromatic nitrogens is 1. The zero-order valence-corrected chi connectivity index (χ0v) is 36.2. The summed E-state index contributed by atoms with van der Waals surface area (Å²) in [5.74, 6) is -5.86. The van der Waals surface area contributed by atoms with Crippen molar-refractivity contribution in [3.05, 3.63) is 95.9 Å². The van der Waals surface area contributed by atoms with Gasteiger partial charge in [0.25, 0.3) is 0 Å². The van der Waals surface area contributed by atoms with Gasteiger partial charge in [0, 0.05) is 40.2 Å². The fourth-order valence-corrected chi connectivity index (χ4v) is 11.4. The van der Waals surface area contributed by atoms with Crippen LogP contribution >= 0.6 is 0 Å². The third-order valence-corrected chi connectivity index (χ3v) is 14.3. The summed E-state index contributed by atoms with van der Waals surface area (Å²) in [7, 11) is 3.60. The Morgan fingerprint density at radius 2 is 1.68 bits per heavy atom. The molecule has 2 aromatic carbocycles. The second-order valence-electron chi connectivity index (χ2n) is 18.7. The molecule has 13 nitrogen and oxygen atoms in total. The number of likely N-dealkylation sites (N-methyl/N-ethyl adjacent to an activating group) is 1. The number of esters is 2. The summed E-state index contributed by atoms with van der Waals surface area (Å²) in [6.45, 7) is 5.66. The van der Waals surface area contributed by atoms with Crippen LogP contribution in [0.4, 0.5) is 14.5 Å². The molecule has 334 valence electrons. The van der Waals surface area contributed by atoms with E-state index in [0.29, 0.717) is 11.3 Å². The monoisotopic (exact) mass is 869 g/mol. The number of ketones is 2. The first-order valence-electron chi connectivity index (χ1n) is 21.3. The summed E-state index contributed by atoms with van der Waals surface area (Å²) < 4.78 is 57.2. The highest BCUT2D eigenvalue weighted by Gasteiger charge is 2.80. The molecular formula is C48H53F2N3O10. The summed E-state index contributed by atoms with van der Waals surface area (Å²) >= 11 is 0. The van der Waals surface area contributed by atoms with E-state index in [9.17, 15) is 29.1 Å². The lowest BCUT2D eigenvalue weighted by molar-refractivity contribution is -0.249. The number of carbonyl (C=O) groups excluding carboxylic acids is 5. The molecule has 1 aromatic heterocycles. The van der Waals surface area contributed by atoms with Crippen molar-refractivity contribution in [2.45, 2.75) is 108 Å². The van der Waals surface area contributed by atoms with Crippen LogP contribution in [0.2, 0.25) is 0 Å². The van der Waals surface area contributed by atoms with Crippen LogP contribution in [0, 0.1) is 22.7 Å². The Morgan fingerprint density at radius 3 is 2.40 bits per heavy atom. The first-order valence-corrected chi connectivity index (χ1v) is 21.3. The minimum absolute atomic E-state index is 0.00732. The molecule has 5 aliphatic rings. The number of hydrogen-bond acceptors (Lipinski definition) is 12. The standard InChI is InChI=1S/C48H53F2N3O10/c1-44(2)62-39-22-33-34-21-36(49)35-20-32(54)15-17-45(35,3)47(34,50)37(55)23-46(33,4)48(39,63-44)38(56)26-61-41(58)14-13-40(57)60-25-27-7-9-28(10-8-27)42(53(5)6)43(59)52-31-12-11-30-24-51-18-16-29(30)19-31/h7-12,15-20,24,33-34,36-37,39,42,55H,13-14,21-23,25-26H2,1-6H3,(H,52,59)/t33-,34?,36-,37-,39+,42+,45-,46-,47-,48+/m0/s1. The lowest BCUT2D eigenvalue weighted by atomic mass is 9.44. The Kier molecular flexibility index (Phi) is 11.3. The molecule has 3 saturated carbocycles. The van der Waals surface area contributed by atoms with Gasteiger partial charge in [-0.15, -0.1) is 0 Å². The van der Waals surface area contributed by atoms with Crippen LogP contribution in [0.25, 0.3) is 10.8 Å². The van der Waals surface area contributed by atoms with Crippen molar-refractivity contribution in [1.29, 1.82) is 0 Å². The smallest absolute Gasteiger partial charge is 0.306 e. The van der Waals surface area contributed by atoms with Crippen molar-refractivity contribution in [2.24, 2.45) is 22.7 Å². The van der Waals surface area contributed by atoms with Crippen LogP contribution in [-0.4, -0.2) is 101 Å². The molecule has 0 bridgehead atoms. The molecule has 0 radical (unpaired) electrons. The Labute approximate surface area is 364 Å². The lowest BCUT2D eigenvalue weighted by Crippen LogP contribution is -2.71. The summed E-state index contributed by atoms with van der Waals surface area (Å²) in [6.07, 6.45) is 1.73. The number of pyridine rings is 1. The number of nitrogens with one attached hydrogen (secondary N) is 1. The van der Waals surface area contributed by atoms with Crippen molar-refractivity contribution in [3.8, 4) is 0 Å². The molecule has 3 aromatic rings. The number of amides is 1. The fraction of sp³-hybridized carbons (Fsp3) is 0.500. The number of halogens is 2. The number of alkyl halides is 2. The van der Waals surface area contributed by atoms with Crippen molar-refractivity contribution in [1.82, 2.24) is 9.88 Å². The number of allylic oxidation sites excluding steroid dienone is 4. The van der Waals surface area contributed by atoms with Crippen molar-refractivity contribution < 1.29 is 56.8 Å². The average molecular weight is 870 g/mol. The Morgan fingerprint density at radius 1 is 0.968 bits per heavy atom. The number of carbonyl (C=O) groups is 5. The predicted octanol–water partition coefficient (Wildman–Crippen LogP) is 6.23. The zero-order valence-electron chi connectivity index (χ0n) is 36.2. The first-order chi connectivity index (χ1) is 29.7. The number of fused-ring (bicyclic) bond motifs is 8. The maximum absolute atomic E-state index is 17.7. The van der Waals surface area contributed by atoms with E-state index in [1.54, 1.807) is 76.4 Å². The lowest BCUT2D eigenvalue weighted by Gasteiger charge is -2.63. The van der Waals surface area contributed by atoms with E-state index in [0.717, 1.165) is 22.4 Å². The third-order valence-electron chi connectivity index (χ3n) is 14.3. The normalized spacial score (nSPS) is 33.1. The maximum Gasteiger partial charge on any atom is 0.306 e. The molecule has 1 aliphatic heterocycles. The van der Waals surface area contributed by atoms with Gasteiger partial charge < -0.3 is 29.4 Å². The molecular weight excluding hydrogens is 817 g/mol. The summed E-state index contributed by atoms with van der Waals surface area (Å²) in [6, 6.07) is 13.9. The van der Waals surface area contributed by atoms with Gasteiger partial charge >= 0.3 is 11.9 Å². The molecule has 1 amide bonds. The third kappa shape index (κ3) is 7.40. The molecule has 10 atom stereocenters. The van der Waals surface area contributed by atoms with E-state index in [2.05, 4.69) is 10.3 Å².